The Bertz CT molecular complexity index is 504. The standard InChI is InChI=1S/C13H16N4O2/c1-8(10-4-2-9(7-14)3-5-10)17-13(19)11(15)6-12(16)18/h2-5,8,11H,6,15H2,1H3,(H2,16,18)(H,17,19). The molecule has 19 heavy (non-hydrogen) atoms. The van der Waals surface area contributed by atoms with Crippen molar-refractivity contribution < 1.29 is 9.59 Å². The van der Waals surface area contributed by atoms with E-state index in [0.717, 1.165) is 5.56 Å². The monoisotopic (exact) mass is 260 g/mol. The number of nitrogens with one attached hydrogen (secondary N) is 1. The molecule has 1 aromatic carbocycles. The van der Waals surface area contributed by atoms with Crippen LogP contribution in [0, 0.1) is 11.3 Å². The molecule has 100 valence electrons. The normalized spacial score (nSPS) is 13.1. The summed E-state index contributed by atoms with van der Waals surface area (Å²) in [6.45, 7) is 1.79. The number of primary amides is 1. The topological polar surface area (TPSA) is 122 Å². The SMILES string of the molecule is CC(NC(=O)C(N)CC(N)=O)c1ccc(C#N)cc1. The molecule has 0 fully saturated rings. The molecule has 2 atom stereocenters. The predicted molar refractivity (Wildman–Crippen MR) is 69.5 cm³/mol. The highest BCUT2D eigenvalue weighted by atomic mass is 16.2. The Labute approximate surface area is 111 Å². The molecule has 0 heterocycles. The van der Waals surface area contributed by atoms with Crippen LogP contribution < -0.4 is 16.8 Å². The number of hydrogen-bond donors (Lipinski definition) is 3. The van der Waals surface area contributed by atoms with E-state index in [1.807, 2.05) is 6.07 Å². The Morgan fingerprint density at radius 2 is 1.95 bits per heavy atom. The van der Waals surface area contributed by atoms with Crippen molar-refractivity contribution >= 4 is 11.8 Å². The first kappa shape index (κ1) is 14.7. The quantitative estimate of drug-likeness (QED) is 0.686. The number of carbonyl (C=O) groups is 2. The third-order valence-electron chi connectivity index (χ3n) is 2.66. The van der Waals surface area contributed by atoms with E-state index in [0.29, 0.717) is 5.56 Å². The molecule has 0 aromatic heterocycles. The van der Waals surface area contributed by atoms with Gasteiger partial charge in [0.1, 0.15) is 0 Å². The second-order valence-corrected chi connectivity index (χ2v) is 4.24. The number of rotatable bonds is 5. The second-order valence-electron chi connectivity index (χ2n) is 4.24. The number of benzene rings is 1. The first-order valence-electron chi connectivity index (χ1n) is 5.78. The third kappa shape index (κ3) is 4.41. The van der Waals surface area contributed by atoms with Crippen molar-refractivity contribution in [1.29, 1.82) is 5.26 Å². The Kier molecular flexibility index (Phi) is 5.03. The van der Waals surface area contributed by atoms with Crippen LogP contribution in [0.4, 0.5) is 0 Å². The summed E-state index contributed by atoms with van der Waals surface area (Å²) in [5, 5.41) is 11.4. The Balaban J connectivity index is 2.63. The van der Waals surface area contributed by atoms with Crippen LogP contribution in [-0.4, -0.2) is 17.9 Å². The zero-order valence-electron chi connectivity index (χ0n) is 10.6. The van der Waals surface area contributed by atoms with E-state index in [2.05, 4.69) is 5.32 Å². The lowest BCUT2D eigenvalue weighted by Crippen LogP contribution is -2.43. The highest BCUT2D eigenvalue weighted by Crippen LogP contribution is 2.13. The molecule has 0 spiro atoms. The van der Waals surface area contributed by atoms with Crippen LogP contribution in [0.5, 0.6) is 0 Å². The molecule has 6 heteroatoms. The minimum absolute atomic E-state index is 0.189. The number of amides is 2. The molecular weight excluding hydrogens is 244 g/mol. The van der Waals surface area contributed by atoms with Gasteiger partial charge in [-0.25, -0.2) is 0 Å². The minimum Gasteiger partial charge on any atom is -0.370 e. The van der Waals surface area contributed by atoms with Crippen LogP contribution in [0.1, 0.15) is 30.5 Å². The molecular formula is C13H16N4O2. The van der Waals surface area contributed by atoms with Crippen molar-refractivity contribution in [2.24, 2.45) is 11.5 Å². The van der Waals surface area contributed by atoms with Crippen molar-refractivity contribution in [3.05, 3.63) is 35.4 Å². The average molecular weight is 260 g/mol. The zero-order valence-corrected chi connectivity index (χ0v) is 10.6. The van der Waals surface area contributed by atoms with E-state index in [-0.39, 0.29) is 12.5 Å². The summed E-state index contributed by atoms with van der Waals surface area (Å²) < 4.78 is 0. The molecule has 1 aromatic rings. The summed E-state index contributed by atoms with van der Waals surface area (Å²) in [5.74, 6) is -1.05. The van der Waals surface area contributed by atoms with Crippen LogP contribution in [0.3, 0.4) is 0 Å². The lowest BCUT2D eigenvalue weighted by Gasteiger charge is -2.17. The van der Waals surface area contributed by atoms with E-state index in [1.165, 1.54) is 0 Å². The van der Waals surface area contributed by atoms with Crippen LogP contribution in [0.15, 0.2) is 24.3 Å². The van der Waals surface area contributed by atoms with E-state index in [1.54, 1.807) is 31.2 Å². The predicted octanol–water partition coefficient (Wildman–Crippen LogP) is -0.0618. The van der Waals surface area contributed by atoms with Gasteiger partial charge in [-0.2, -0.15) is 5.26 Å². The largest absolute Gasteiger partial charge is 0.370 e. The Morgan fingerprint density at radius 3 is 2.42 bits per heavy atom. The van der Waals surface area contributed by atoms with Crippen LogP contribution >= 0.6 is 0 Å². The molecule has 0 radical (unpaired) electrons. The first-order valence-corrected chi connectivity index (χ1v) is 5.78. The van der Waals surface area contributed by atoms with Crippen LogP contribution in [0.25, 0.3) is 0 Å². The smallest absolute Gasteiger partial charge is 0.237 e. The molecule has 0 aliphatic carbocycles. The fourth-order valence-corrected chi connectivity index (χ4v) is 1.56. The molecule has 2 unspecified atom stereocenters. The number of nitrogens with zero attached hydrogens (tertiary/aromatic N) is 1. The van der Waals surface area contributed by atoms with Crippen molar-refractivity contribution in [2.45, 2.75) is 25.4 Å². The highest BCUT2D eigenvalue weighted by Gasteiger charge is 2.18. The maximum Gasteiger partial charge on any atom is 0.237 e. The Hall–Kier alpha value is -2.39. The van der Waals surface area contributed by atoms with Crippen molar-refractivity contribution in [3.8, 4) is 6.07 Å². The molecule has 0 saturated heterocycles. The van der Waals surface area contributed by atoms with E-state index >= 15 is 0 Å². The van der Waals surface area contributed by atoms with Gasteiger partial charge in [0.05, 0.1) is 30.1 Å². The van der Waals surface area contributed by atoms with Gasteiger partial charge in [-0.15, -0.1) is 0 Å². The molecule has 1 rings (SSSR count). The maximum absolute atomic E-state index is 11.7. The van der Waals surface area contributed by atoms with Gasteiger partial charge >= 0.3 is 0 Å². The van der Waals surface area contributed by atoms with Crippen molar-refractivity contribution in [1.82, 2.24) is 5.32 Å². The van der Waals surface area contributed by atoms with Gasteiger partial charge in [-0.05, 0) is 24.6 Å². The second kappa shape index (κ2) is 6.52. The molecule has 0 aliphatic heterocycles. The summed E-state index contributed by atoms with van der Waals surface area (Å²) in [5.41, 5.74) is 11.9. The van der Waals surface area contributed by atoms with Crippen LogP contribution in [-0.2, 0) is 9.59 Å². The average Bonchev–Trinajstić information content (AvgIpc) is 2.37. The van der Waals surface area contributed by atoms with E-state index in [4.69, 9.17) is 16.7 Å². The third-order valence-corrected chi connectivity index (χ3v) is 2.66. The summed E-state index contributed by atoms with van der Waals surface area (Å²) >= 11 is 0. The van der Waals surface area contributed by atoms with E-state index in [9.17, 15) is 9.59 Å². The summed E-state index contributed by atoms with van der Waals surface area (Å²) in [6, 6.07) is 7.65. The van der Waals surface area contributed by atoms with Crippen LogP contribution in [0.2, 0.25) is 0 Å². The fraction of sp³-hybridized carbons (Fsp3) is 0.308. The molecule has 0 bridgehead atoms. The number of nitriles is 1. The summed E-state index contributed by atoms with van der Waals surface area (Å²) in [7, 11) is 0. The molecule has 0 aliphatic rings. The first-order chi connectivity index (χ1) is 8.93. The van der Waals surface area contributed by atoms with Gasteiger partial charge in [0.2, 0.25) is 11.8 Å². The lowest BCUT2D eigenvalue weighted by molar-refractivity contribution is -0.126. The zero-order chi connectivity index (χ0) is 14.4. The maximum atomic E-state index is 11.7. The van der Waals surface area contributed by atoms with Crippen molar-refractivity contribution in [3.63, 3.8) is 0 Å². The van der Waals surface area contributed by atoms with Gasteiger partial charge in [-0.1, -0.05) is 12.1 Å². The number of nitrogens with two attached hydrogens (primary N) is 2. The molecule has 2 amide bonds. The van der Waals surface area contributed by atoms with Gasteiger partial charge in [0.25, 0.3) is 0 Å². The van der Waals surface area contributed by atoms with Crippen molar-refractivity contribution in [2.75, 3.05) is 0 Å². The molecule has 0 saturated carbocycles. The summed E-state index contributed by atoms with van der Waals surface area (Å²) in [4.78, 5) is 22.4. The van der Waals surface area contributed by atoms with Gasteiger partial charge in [-0.3, -0.25) is 9.59 Å². The fourth-order valence-electron chi connectivity index (χ4n) is 1.56. The molecule has 6 nitrogen and oxygen atoms in total. The number of carbonyl (C=O) groups excluding carboxylic acids is 2. The highest BCUT2D eigenvalue weighted by molar-refractivity contribution is 5.87. The van der Waals surface area contributed by atoms with Gasteiger partial charge in [0, 0.05) is 0 Å². The van der Waals surface area contributed by atoms with E-state index < -0.39 is 17.9 Å². The molecule has 5 N–H and O–H groups in total. The minimum atomic E-state index is -0.946. The number of hydrogen-bond acceptors (Lipinski definition) is 4. The van der Waals surface area contributed by atoms with Gasteiger partial charge in [0.15, 0.2) is 0 Å². The van der Waals surface area contributed by atoms with Gasteiger partial charge < -0.3 is 16.8 Å². The lowest BCUT2D eigenvalue weighted by atomic mass is 10.1. The Morgan fingerprint density at radius 1 is 1.37 bits per heavy atom. The summed E-state index contributed by atoms with van der Waals surface area (Å²) in [6.07, 6.45) is -0.189.